The van der Waals surface area contributed by atoms with E-state index in [0.717, 1.165) is 6.54 Å². The van der Waals surface area contributed by atoms with Gasteiger partial charge >= 0.3 is 0 Å². The number of carbonyl (C=O) groups excluding carboxylic acids is 1. The van der Waals surface area contributed by atoms with E-state index in [1.54, 1.807) is 0 Å². The van der Waals surface area contributed by atoms with Crippen molar-refractivity contribution in [1.82, 2.24) is 15.4 Å². The first-order valence-corrected chi connectivity index (χ1v) is 8.57. The third-order valence-corrected chi connectivity index (χ3v) is 4.34. The third-order valence-electron chi connectivity index (χ3n) is 2.86. The average Bonchev–Trinajstić information content (AvgIpc) is 2.51. The molecule has 132 valence electrons. The van der Waals surface area contributed by atoms with Crippen molar-refractivity contribution in [2.75, 3.05) is 39.9 Å². The van der Waals surface area contributed by atoms with Crippen molar-refractivity contribution < 1.29 is 17.9 Å². The van der Waals surface area contributed by atoms with Crippen molar-refractivity contribution in [3.05, 3.63) is 29.8 Å². The number of sulfonamides is 1. The van der Waals surface area contributed by atoms with Crippen molar-refractivity contribution in [2.45, 2.75) is 11.8 Å². The molecule has 0 fully saturated rings. The number of carbonyl (C=O) groups is 1. The van der Waals surface area contributed by atoms with Crippen LogP contribution < -0.4 is 15.4 Å². The van der Waals surface area contributed by atoms with Gasteiger partial charge in [-0.05, 0) is 30.8 Å². The van der Waals surface area contributed by atoms with Gasteiger partial charge in [0.05, 0.1) is 11.5 Å². The lowest BCUT2D eigenvalue weighted by Gasteiger charge is -2.08. The van der Waals surface area contributed by atoms with Crippen LogP contribution >= 0.6 is 12.4 Å². The number of benzene rings is 1. The van der Waals surface area contributed by atoms with Crippen molar-refractivity contribution in [1.29, 1.82) is 0 Å². The molecule has 0 spiro atoms. The Morgan fingerprint density at radius 2 is 1.78 bits per heavy atom. The van der Waals surface area contributed by atoms with Gasteiger partial charge in [-0.2, -0.15) is 0 Å². The van der Waals surface area contributed by atoms with Crippen LogP contribution in [0.3, 0.4) is 0 Å². The fourth-order valence-electron chi connectivity index (χ4n) is 1.69. The van der Waals surface area contributed by atoms with Gasteiger partial charge in [-0.15, -0.1) is 12.4 Å². The lowest BCUT2D eigenvalue weighted by atomic mass is 10.2. The van der Waals surface area contributed by atoms with Crippen molar-refractivity contribution >= 4 is 28.3 Å². The molecule has 0 bridgehead atoms. The molecule has 23 heavy (non-hydrogen) atoms. The van der Waals surface area contributed by atoms with E-state index in [4.69, 9.17) is 4.74 Å². The number of ether oxygens (including phenoxy) is 1. The Kier molecular flexibility index (Phi) is 10.8. The van der Waals surface area contributed by atoms with E-state index in [2.05, 4.69) is 15.4 Å². The molecule has 7 nitrogen and oxygen atoms in total. The Labute approximate surface area is 143 Å². The van der Waals surface area contributed by atoms with Crippen LogP contribution in [-0.4, -0.2) is 54.2 Å². The first-order chi connectivity index (χ1) is 10.5. The van der Waals surface area contributed by atoms with Crippen LogP contribution in [0.2, 0.25) is 0 Å². The number of halogens is 1. The summed E-state index contributed by atoms with van der Waals surface area (Å²) in [5.74, 6) is -0.228. The van der Waals surface area contributed by atoms with E-state index in [1.807, 2.05) is 6.92 Å². The molecule has 0 heterocycles. The summed E-state index contributed by atoms with van der Waals surface area (Å²) < 4.78 is 31.1. The molecule has 1 aromatic carbocycles. The SMILES string of the molecule is CCNCCNC(=O)c1ccc(S(=O)(=O)NCCOC)cc1.Cl. The Hall–Kier alpha value is -1.19. The quantitative estimate of drug-likeness (QED) is 0.521. The van der Waals surface area contributed by atoms with Gasteiger partial charge < -0.3 is 15.4 Å². The molecule has 9 heteroatoms. The summed E-state index contributed by atoms with van der Waals surface area (Å²) in [6, 6.07) is 5.81. The zero-order valence-corrected chi connectivity index (χ0v) is 14.9. The molecule has 0 radical (unpaired) electrons. The molecule has 0 aliphatic rings. The second kappa shape index (κ2) is 11.4. The Morgan fingerprint density at radius 3 is 2.35 bits per heavy atom. The number of likely N-dealkylation sites (N-methyl/N-ethyl adjacent to an activating group) is 1. The van der Waals surface area contributed by atoms with E-state index in [1.165, 1.54) is 31.4 Å². The second-order valence-corrected chi connectivity index (χ2v) is 6.29. The standard InChI is InChI=1S/C14H23N3O4S.ClH/c1-3-15-8-9-16-14(18)12-4-6-13(7-5-12)22(19,20)17-10-11-21-2;/h4-7,15,17H,3,8-11H2,1-2H3,(H,16,18);1H. The number of amides is 1. The minimum atomic E-state index is -3.57. The lowest BCUT2D eigenvalue weighted by molar-refractivity contribution is 0.0954. The number of methoxy groups -OCH3 is 1. The maximum absolute atomic E-state index is 12.0. The number of nitrogens with one attached hydrogen (secondary N) is 3. The zero-order valence-electron chi connectivity index (χ0n) is 13.3. The number of rotatable bonds is 10. The highest BCUT2D eigenvalue weighted by molar-refractivity contribution is 7.89. The molecular formula is C14H24ClN3O4S. The Balaban J connectivity index is 0.00000484. The maximum Gasteiger partial charge on any atom is 0.251 e. The van der Waals surface area contributed by atoms with Gasteiger partial charge in [0.1, 0.15) is 0 Å². The topological polar surface area (TPSA) is 96.5 Å². The van der Waals surface area contributed by atoms with Gasteiger partial charge in [-0.1, -0.05) is 6.92 Å². The van der Waals surface area contributed by atoms with Crippen LogP contribution in [0.15, 0.2) is 29.2 Å². The van der Waals surface area contributed by atoms with Crippen LogP contribution in [0.1, 0.15) is 17.3 Å². The van der Waals surface area contributed by atoms with Gasteiger partial charge in [0.25, 0.3) is 5.91 Å². The zero-order chi connectivity index (χ0) is 16.4. The van der Waals surface area contributed by atoms with Gasteiger partial charge in [-0.25, -0.2) is 13.1 Å². The Morgan fingerprint density at radius 1 is 1.13 bits per heavy atom. The van der Waals surface area contributed by atoms with Gasteiger partial charge in [0.15, 0.2) is 0 Å². The average molecular weight is 366 g/mol. The molecule has 3 N–H and O–H groups in total. The highest BCUT2D eigenvalue weighted by Crippen LogP contribution is 2.10. The molecule has 1 aromatic rings. The summed E-state index contributed by atoms with van der Waals surface area (Å²) >= 11 is 0. The fourth-order valence-corrected chi connectivity index (χ4v) is 2.70. The second-order valence-electron chi connectivity index (χ2n) is 4.52. The molecule has 0 aromatic heterocycles. The smallest absolute Gasteiger partial charge is 0.251 e. The third kappa shape index (κ3) is 7.76. The van der Waals surface area contributed by atoms with Crippen LogP contribution in [0.5, 0.6) is 0 Å². The molecule has 0 saturated heterocycles. The van der Waals surface area contributed by atoms with Crippen LogP contribution in [0.25, 0.3) is 0 Å². The van der Waals surface area contributed by atoms with Crippen molar-refractivity contribution in [2.24, 2.45) is 0 Å². The monoisotopic (exact) mass is 365 g/mol. The molecule has 0 aliphatic carbocycles. The van der Waals surface area contributed by atoms with E-state index in [-0.39, 0.29) is 29.8 Å². The van der Waals surface area contributed by atoms with Gasteiger partial charge in [-0.3, -0.25) is 4.79 Å². The van der Waals surface area contributed by atoms with Gasteiger partial charge in [0.2, 0.25) is 10.0 Å². The van der Waals surface area contributed by atoms with Crippen molar-refractivity contribution in [3.8, 4) is 0 Å². The number of hydrogen-bond acceptors (Lipinski definition) is 5. The normalized spacial score (nSPS) is 10.9. The summed E-state index contributed by atoms with van der Waals surface area (Å²) in [7, 11) is -2.07. The predicted molar refractivity (Wildman–Crippen MR) is 91.6 cm³/mol. The molecule has 0 unspecified atom stereocenters. The van der Waals surface area contributed by atoms with E-state index < -0.39 is 10.0 Å². The van der Waals surface area contributed by atoms with Crippen molar-refractivity contribution in [3.63, 3.8) is 0 Å². The summed E-state index contributed by atoms with van der Waals surface area (Å²) in [4.78, 5) is 12.0. The summed E-state index contributed by atoms with van der Waals surface area (Å²) in [5, 5.41) is 5.85. The summed E-state index contributed by atoms with van der Waals surface area (Å²) in [6.07, 6.45) is 0. The minimum absolute atomic E-state index is 0. The summed E-state index contributed by atoms with van der Waals surface area (Å²) in [6.45, 7) is 4.54. The molecule has 1 rings (SSSR count). The van der Waals surface area contributed by atoms with Crippen LogP contribution in [0.4, 0.5) is 0 Å². The maximum atomic E-state index is 12.0. The lowest BCUT2D eigenvalue weighted by Crippen LogP contribution is -2.31. The number of hydrogen-bond donors (Lipinski definition) is 3. The Bertz CT molecular complexity index is 564. The van der Waals surface area contributed by atoms with Gasteiger partial charge in [0, 0.05) is 32.3 Å². The van der Waals surface area contributed by atoms with Crippen LogP contribution in [-0.2, 0) is 14.8 Å². The fraction of sp³-hybridized carbons (Fsp3) is 0.500. The van der Waals surface area contributed by atoms with E-state index in [0.29, 0.717) is 25.3 Å². The predicted octanol–water partition coefficient (Wildman–Crippen LogP) is 0.372. The molecule has 0 saturated carbocycles. The highest BCUT2D eigenvalue weighted by Gasteiger charge is 2.14. The molecule has 1 amide bonds. The first-order valence-electron chi connectivity index (χ1n) is 7.09. The molecular weight excluding hydrogens is 342 g/mol. The van der Waals surface area contributed by atoms with E-state index >= 15 is 0 Å². The largest absolute Gasteiger partial charge is 0.383 e. The molecule has 0 atom stereocenters. The first kappa shape index (κ1) is 21.8. The van der Waals surface area contributed by atoms with Crippen LogP contribution in [0, 0.1) is 0 Å². The molecule has 0 aliphatic heterocycles. The van der Waals surface area contributed by atoms with E-state index in [9.17, 15) is 13.2 Å². The summed E-state index contributed by atoms with van der Waals surface area (Å²) in [5.41, 5.74) is 0.423. The highest BCUT2D eigenvalue weighted by atomic mass is 35.5. The minimum Gasteiger partial charge on any atom is -0.383 e.